The molecule has 0 amide bonds. The largest absolute Gasteiger partial charge is 0.309 e. The Hall–Kier alpha value is -1.75. The zero-order chi connectivity index (χ0) is 14.5. The van der Waals surface area contributed by atoms with E-state index in [1.807, 2.05) is 24.6 Å². The van der Waals surface area contributed by atoms with Gasteiger partial charge in [-0.1, -0.05) is 6.92 Å². The van der Waals surface area contributed by atoms with Gasteiger partial charge in [-0.3, -0.25) is 4.68 Å². The minimum atomic E-state index is -0.542. The number of rotatable bonds is 6. The van der Waals surface area contributed by atoms with Crippen molar-refractivity contribution in [2.45, 2.75) is 32.9 Å². The number of benzene rings is 1. The van der Waals surface area contributed by atoms with Crippen LogP contribution < -0.4 is 5.32 Å². The molecular weight excluding hydrogens is 260 g/mol. The summed E-state index contributed by atoms with van der Waals surface area (Å²) >= 11 is 0. The van der Waals surface area contributed by atoms with Crippen molar-refractivity contribution in [1.82, 2.24) is 15.1 Å². The van der Waals surface area contributed by atoms with E-state index < -0.39 is 11.6 Å². The van der Waals surface area contributed by atoms with Crippen LogP contribution in [0.25, 0.3) is 0 Å². The third kappa shape index (κ3) is 3.42. The number of nitrogens with zero attached hydrogens (tertiary/aromatic N) is 2. The van der Waals surface area contributed by atoms with Crippen LogP contribution >= 0.6 is 0 Å². The van der Waals surface area contributed by atoms with Gasteiger partial charge in [-0.2, -0.15) is 5.10 Å². The molecule has 1 unspecified atom stereocenters. The van der Waals surface area contributed by atoms with E-state index in [2.05, 4.69) is 10.4 Å². The van der Waals surface area contributed by atoms with Gasteiger partial charge in [0.25, 0.3) is 0 Å². The van der Waals surface area contributed by atoms with E-state index in [0.717, 1.165) is 24.8 Å². The predicted molar refractivity (Wildman–Crippen MR) is 74.4 cm³/mol. The summed E-state index contributed by atoms with van der Waals surface area (Å²) in [6.45, 7) is 5.56. The number of aryl methyl sites for hydroxylation is 1. The summed E-state index contributed by atoms with van der Waals surface area (Å²) in [5, 5.41) is 7.58. The molecule has 0 saturated heterocycles. The van der Waals surface area contributed by atoms with Gasteiger partial charge in [0, 0.05) is 18.8 Å². The monoisotopic (exact) mass is 279 g/mol. The van der Waals surface area contributed by atoms with Crippen molar-refractivity contribution in [3.8, 4) is 0 Å². The lowest BCUT2D eigenvalue weighted by molar-refractivity contribution is 0.487. The lowest BCUT2D eigenvalue weighted by atomic mass is 10.0. The van der Waals surface area contributed by atoms with Gasteiger partial charge < -0.3 is 5.32 Å². The van der Waals surface area contributed by atoms with E-state index >= 15 is 0 Å². The molecule has 1 aromatic heterocycles. The lowest BCUT2D eigenvalue weighted by Gasteiger charge is -2.19. The number of likely N-dealkylation sites (N-methyl/N-ethyl adjacent to an activating group) is 1. The summed E-state index contributed by atoms with van der Waals surface area (Å²) in [4.78, 5) is 0. The first-order valence-corrected chi connectivity index (χ1v) is 6.84. The average molecular weight is 279 g/mol. The van der Waals surface area contributed by atoms with Gasteiger partial charge in [-0.05, 0) is 43.7 Å². The van der Waals surface area contributed by atoms with Crippen LogP contribution in [0.15, 0.2) is 30.5 Å². The Kier molecular flexibility index (Phi) is 4.84. The van der Waals surface area contributed by atoms with Crippen LogP contribution in [-0.4, -0.2) is 16.3 Å². The Balaban J connectivity index is 2.25. The van der Waals surface area contributed by atoms with E-state index in [-0.39, 0.29) is 6.04 Å². The predicted octanol–water partition coefficient (Wildman–Crippen LogP) is 3.07. The molecule has 20 heavy (non-hydrogen) atoms. The Bertz CT molecular complexity index is 546. The summed E-state index contributed by atoms with van der Waals surface area (Å²) in [6, 6.07) is 5.57. The fourth-order valence-electron chi connectivity index (χ4n) is 2.40. The first-order chi connectivity index (χ1) is 9.63. The molecule has 1 N–H and O–H groups in total. The zero-order valence-corrected chi connectivity index (χ0v) is 11.7. The SMILES string of the molecule is CCNC(Cc1cc(F)cc(F)c1)c1ccnn1CC. The number of hydrogen-bond acceptors (Lipinski definition) is 2. The normalized spacial score (nSPS) is 12.6. The van der Waals surface area contributed by atoms with Crippen molar-refractivity contribution < 1.29 is 8.78 Å². The second-order valence-corrected chi connectivity index (χ2v) is 4.66. The van der Waals surface area contributed by atoms with Gasteiger partial charge in [0.1, 0.15) is 11.6 Å². The molecule has 0 aliphatic carbocycles. The van der Waals surface area contributed by atoms with Crippen LogP contribution in [0, 0.1) is 11.6 Å². The molecule has 0 aliphatic heterocycles. The summed E-state index contributed by atoms with van der Waals surface area (Å²) in [5.74, 6) is -1.08. The topological polar surface area (TPSA) is 29.9 Å². The van der Waals surface area contributed by atoms with Crippen LogP contribution in [-0.2, 0) is 13.0 Å². The number of halogens is 2. The Morgan fingerprint density at radius 1 is 1.20 bits per heavy atom. The highest BCUT2D eigenvalue weighted by molar-refractivity contribution is 5.21. The molecule has 3 nitrogen and oxygen atoms in total. The molecule has 108 valence electrons. The highest BCUT2D eigenvalue weighted by Gasteiger charge is 2.16. The van der Waals surface area contributed by atoms with Crippen molar-refractivity contribution in [3.05, 3.63) is 53.4 Å². The minimum absolute atomic E-state index is 0.0105. The summed E-state index contributed by atoms with van der Waals surface area (Å²) in [5.41, 5.74) is 1.66. The fourth-order valence-corrected chi connectivity index (χ4v) is 2.40. The minimum Gasteiger partial charge on any atom is -0.309 e. The molecule has 2 aromatic rings. The van der Waals surface area contributed by atoms with Gasteiger partial charge in [0.05, 0.1) is 11.7 Å². The van der Waals surface area contributed by atoms with Gasteiger partial charge in [0.15, 0.2) is 0 Å². The van der Waals surface area contributed by atoms with Crippen LogP contribution in [0.4, 0.5) is 8.78 Å². The van der Waals surface area contributed by atoms with Crippen molar-refractivity contribution in [1.29, 1.82) is 0 Å². The molecular formula is C15H19F2N3. The summed E-state index contributed by atoms with van der Waals surface area (Å²) in [6.07, 6.45) is 2.27. The van der Waals surface area contributed by atoms with Crippen molar-refractivity contribution in [2.75, 3.05) is 6.54 Å². The summed E-state index contributed by atoms with van der Waals surface area (Å²) in [7, 11) is 0. The van der Waals surface area contributed by atoms with Gasteiger partial charge in [-0.25, -0.2) is 8.78 Å². The van der Waals surface area contributed by atoms with E-state index in [9.17, 15) is 8.78 Å². The van der Waals surface area contributed by atoms with Gasteiger partial charge in [-0.15, -0.1) is 0 Å². The third-order valence-electron chi connectivity index (χ3n) is 3.22. The molecule has 0 radical (unpaired) electrons. The molecule has 0 bridgehead atoms. The maximum atomic E-state index is 13.3. The Morgan fingerprint density at radius 3 is 2.50 bits per heavy atom. The molecule has 1 aromatic carbocycles. The molecule has 0 spiro atoms. The van der Waals surface area contributed by atoms with Crippen LogP contribution in [0.5, 0.6) is 0 Å². The molecule has 0 saturated carbocycles. The Morgan fingerprint density at radius 2 is 1.90 bits per heavy atom. The Labute approximate surface area is 117 Å². The van der Waals surface area contributed by atoms with E-state index in [1.54, 1.807) is 6.20 Å². The lowest BCUT2D eigenvalue weighted by Crippen LogP contribution is -2.25. The van der Waals surface area contributed by atoms with Crippen LogP contribution in [0.1, 0.15) is 31.1 Å². The van der Waals surface area contributed by atoms with Crippen LogP contribution in [0.3, 0.4) is 0 Å². The van der Waals surface area contributed by atoms with E-state index in [4.69, 9.17) is 0 Å². The van der Waals surface area contributed by atoms with Gasteiger partial charge in [0.2, 0.25) is 0 Å². The molecule has 0 aliphatic rings. The maximum absolute atomic E-state index is 13.3. The second kappa shape index (κ2) is 6.61. The highest BCUT2D eigenvalue weighted by atomic mass is 19.1. The number of hydrogen-bond donors (Lipinski definition) is 1. The van der Waals surface area contributed by atoms with Crippen molar-refractivity contribution in [2.24, 2.45) is 0 Å². The number of nitrogens with one attached hydrogen (secondary N) is 1. The smallest absolute Gasteiger partial charge is 0.126 e. The average Bonchev–Trinajstić information content (AvgIpc) is 2.85. The standard InChI is InChI=1S/C15H19F2N3/c1-3-18-14(15-5-6-19-20(15)4-2)9-11-7-12(16)10-13(17)8-11/h5-8,10,14,18H,3-4,9H2,1-2H3. The van der Waals surface area contributed by atoms with Crippen molar-refractivity contribution in [3.63, 3.8) is 0 Å². The second-order valence-electron chi connectivity index (χ2n) is 4.66. The molecule has 5 heteroatoms. The van der Waals surface area contributed by atoms with Crippen molar-refractivity contribution >= 4 is 0 Å². The third-order valence-corrected chi connectivity index (χ3v) is 3.22. The first kappa shape index (κ1) is 14.7. The fraction of sp³-hybridized carbons (Fsp3) is 0.400. The van der Waals surface area contributed by atoms with E-state index in [0.29, 0.717) is 12.0 Å². The van der Waals surface area contributed by atoms with E-state index in [1.165, 1.54) is 12.1 Å². The molecule has 1 atom stereocenters. The maximum Gasteiger partial charge on any atom is 0.126 e. The molecule has 2 rings (SSSR count). The van der Waals surface area contributed by atoms with Crippen LogP contribution in [0.2, 0.25) is 0 Å². The first-order valence-electron chi connectivity index (χ1n) is 6.84. The van der Waals surface area contributed by atoms with Gasteiger partial charge >= 0.3 is 0 Å². The quantitative estimate of drug-likeness (QED) is 0.880. The molecule has 0 fully saturated rings. The molecule has 1 heterocycles. The number of aromatic nitrogens is 2. The zero-order valence-electron chi connectivity index (χ0n) is 11.7. The summed E-state index contributed by atoms with van der Waals surface area (Å²) < 4.78 is 28.4. The highest BCUT2D eigenvalue weighted by Crippen LogP contribution is 2.19.